The van der Waals surface area contributed by atoms with Gasteiger partial charge in [-0.15, -0.1) is 0 Å². The van der Waals surface area contributed by atoms with Crippen LogP contribution < -0.4 is 17.2 Å². The van der Waals surface area contributed by atoms with Gasteiger partial charge in [-0.05, 0) is 30.4 Å². The lowest BCUT2D eigenvalue weighted by molar-refractivity contribution is -0.0671. The van der Waals surface area contributed by atoms with Crippen LogP contribution in [-0.2, 0) is 53.8 Å². The van der Waals surface area contributed by atoms with Gasteiger partial charge in [-0.25, -0.2) is 44.9 Å². The molecule has 3 saturated heterocycles. The van der Waals surface area contributed by atoms with Crippen molar-refractivity contribution in [3.05, 3.63) is 38.0 Å². The largest absolute Gasteiger partial charge is 0.477 e. The molecule has 3 fully saturated rings. The number of nitrogen functional groups attached to an aromatic ring is 3. The van der Waals surface area contributed by atoms with Crippen molar-refractivity contribution in [1.29, 1.82) is 0 Å². The summed E-state index contributed by atoms with van der Waals surface area (Å²) in [5, 5.41) is 21.9. The summed E-state index contributed by atoms with van der Waals surface area (Å²) in [7, 11) is -2.95. The number of fused-ring (bicyclic) bond motifs is 3. The Morgan fingerprint density at radius 2 is 1.28 bits per heavy atom. The minimum atomic E-state index is -4.33. The molecular formula is C34H43N15O14P2S2. The average molecular weight is 1010 g/mol. The molecule has 6 aromatic rings. The molecule has 67 heavy (non-hydrogen) atoms. The first-order valence-corrected chi connectivity index (χ1v) is 24.9. The Balaban J connectivity index is 0.880. The van der Waals surface area contributed by atoms with Gasteiger partial charge in [0.2, 0.25) is 0 Å². The molecule has 3 aliphatic rings. The fourth-order valence-electron chi connectivity index (χ4n) is 8.11. The number of anilines is 3. The van der Waals surface area contributed by atoms with E-state index in [1.807, 2.05) is 0 Å². The van der Waals surface area contributed by atoms with E-state index in [0.717, 1.165) is 0 Å². The minimum absolute atomic E-state index is 0.00143. The van der Waals surface area contributed by atoms with Crippen molar-refractivity contribution in [3.63, 3.8) is 0 Å². The fourth-order valence-corrected chi connectivity index (χ4v) is 10.3. The number of aliphatic hydroxyl groups excluding tert-OH is 2. The highest BCUT2D eigenvalue weighted by molar-refractivity contribution is 8.07. The summed E-state index contributed by atoms with van der Waals surface area (Å²) in [5.41, 5.74) is 19.7. The van der Waals surface area contributed by atoms with Gasteiger partial charge in [0.1, 0.15) is 84.9 Å². The van der Waals surface area contributed by atoms with Gasteiger partial charge in [0.15, 0.2) is 58.1 Å². The normalized spacial score (nSPS) is 28.8. The molecule has 9 heterocycles. The van der Waals surface area contributed by atoms with Crippen LogP contribution >= 0.6 is 26.5 Å². The van der Waals surface area contributed by atoms with E-state index in [-0.39, 0.29) is 70.9 Å². The lowest BCUT2D eigenvalue weighted by Gasteiger charge is -2.28. The Labute approximate surface area is 387 Å². The van der Waals surface area contributed by atoms with E-state index in [4.69, 9.17) is 78.7 Å². The predicted molar refractivity (Wildman–Crippen MR) is 236 cm³/mol. The summed E-state index contributed by atoms with van der Waals surface area (Å²) >= 11 is 11.1. The first-order chi connectivity index (χ1) is 32.0. The van der Waals surface area contributed by atoms with Gasteiger partial charge in [0.05, 0.1) is 44.5 Å². The number of nitrogens with zero attached hydrogens (tertiary/aromatic N) is 12. The fraction of sp³-hybridized carbons (Fsp3) is 0.529. The third-order valence-electron chi connectivity index (χ3n) is 11.2. The number of hydrogen-bond donors (Lipinski definition) is 8. The molecule has 12 atom stereocenters. The van der Waals surface area contributed by atoms with Crippen molar-refractivity contribution in [3.8, 4) is 0 Å². The summed E-state index contributed by atoms with van der Waals surface area (Å²) < 4.78 is 64.7. The van der Waals surface area contributed by atoms with E-state index in [1.54, 1.807) is 4.57 Å². The van der Waals surface area contributed by atoms with Crippen LogP contribution in [0.4, 0.5) is 17.5 Å². The summed E-state index contributed by atoms with van der Waals surface area (Å²) in [4.78, 5) is 68.1. The highest BCUT2D eigenvalue weighted by atomic mass is 32.5. The number of thiocarbonyl (C=S) groups is 1. The van der Waals surface area contributed by atoms with Gasteiger partial charge >= 0.3 is 14.3 Å². The van der Waals surface area contributed by atoms with Crippen LogP contribution in [0.2, 0.25) is 0 Å². The first kappa shape index (κ1) is 47.4. The molecule has 33 heteroatoms. The Hall–Kier alpha value is -4.66. The number of aliphatic hydroxyl groups is 2. The molecule has 360 valence electrons. The second-order valence-electron chi connectivity index (χ2n) is 15.5. The quantitative estimate of drug-likeness (QED) is 0.0401. The molecule has 0 bridgehead atoms. The molecule has 0 spiro atoms. The molecule has 11 N–H and O–H groups in total. The zero-order valence-electron chi connectivity index (χ0n) is 34.8. The Kier molecular flexibility index (Phi) is 13.5. The molecule has 12 unspecified atom stereocenters. The third kappa shape index (κ3) is 9.68. The lowest BCUT2D eigenvalue weighted by Crippen LogP contribution is -2.38. The molecule has 9 rings (SSSR count). The zero-order chi connectivity index (χ0) is 47.4. The Morgan fingerprint density at radius 1 is 0.746 bits per heavy atom. The van der Waals surface area contributed by atoms with Crippen molar-refractivity contribution in [2.75, 3.05) is 50.3 Å². The minimum Gasteiger partial charge on any atom is -0.477 e. The number of imidazole rings is 3. The molecule has 3 aliphatic heterocycles. The Morgan fingerprint density at radius 3 is 1.84 bits per heavy atom. The molecule has 0 saturated carbocycles. The van der Waals surface area contributed by atoms with Crippen LogP contribution in [0.15, 0.2) is 38.0 Å². The predicted octanol–water partition coefficient (Wildman–Crippen LogP) is -1.01. The summed E-state index contributed by atoms with van der Waals surface area (Å²) in [6, 6.07) is 0. The maximum Gasteiger partial charge on any atom is 0.325 e. The number of methoxy groups -OCH3 is 1. The maximum atomic E-state index is 11.7. The molecule has 0 radical (unpaired) electrons. The van der Waals surface area contributed by atoms with Gasteiger partial charge in [-0.1, -0.05) is 0 Å². The second-order valence-corrected chi connectivity index (χ2v) is 20.5. The van der Waals surface area contributed by atoms with Gasteiger partial charge in [-0.2, -0.15) is 0 Å². The monoisotopic (exact) mass is 1010 g/mol. The van der Waals surface area contributed by atoms with Crippen molar-refractivity contribution >= 4 is 94.3 Å². The van der Waals surface area contributed by atoms with Crippen LogP contribution in [-0.4, -0.2) is 170 Å². The van der Waals surface area contributed by atoms with Gasteiger partial charge in [0, 0.05) is 13.5 Å². The van der Waals surface area contributed by atoms with E-state index < -0.39 is 94.6 Å². The van der Waals surface area contributed by atoms with Crippen LogP contribution in [0.3, 0.4) is 0 Å². The van der Waals surface area contributed by atoms with Crippen molar-refractivity contribution in [1.82, 2.24) is 58.6 Å². The summed E-state index contributed by atoms with van der Waals surface area (Å²) in [5.74, 6) is 0.330. The third-order valence-corrected chi connectivity index (χ3v) is 13.8. The number of aromatic nitrogens is 12. The first-order valence-electron chi connectivity index (χ1n) is 20.1. The highest BCUT2D eigenvalue weighted by Gasteiger charge is 2.51. The molecular weight excluding hydrogens is 969 g/mol. The number of rotatable bonds is 17. The number of nitrogens with two attached hydrogens (primary N) is 3. The smallest absolute Gasteiger partial charge is 0.325 e. The van der Waals surface area contributed by atoms with Gasteiger partial charge in [0.25, 0.3) is 0 Å². The molecule has 6 aromatic heterocycles. The van der Waals surface area contributed by atoms with E-state index in [0.29, 0.717) is 11.2 Å². The van der Waals surface area contributed by atoms with Gasteiger partial charge in [-0.3, -0.25) is 22.8 Å². The summed E-state index contributed by atoms with van der Waals surface area (Å²) in [6.45, 7) is -5.24. The highest BCUT2D eigenvalue weighted by Crippen LogP contribution is 2.51. The lowest BCUT2D eigenvalue weighted by atomic mass is 10.1. The Bertz CT molecular complexity index is 2870. The van der Waals surface area contributed by atoms with E-state index in [9.17, 15) is 29.5 Å². The van der Waals surface area contributed by atoms with Crippen molar-refractivity contribution in [2.45, 2.75) is 80.4 Å². The average Bonchev–Trinajstić information content (AvgIpc) is 4.15. The maximum absolute atomic E-state index is 11.7. The molecule has 0 aromatic carbocycles. The number of hydrogen-bond acceptors (Lipinski definition) is 25. The molecule has 0 amide bonds. The van der Waals surface area contributed by atoms with Crippen molar-refractivity contribution in [2.24, 2.45) is 0 Å². The molecule has 0 aliphatic carbocycles. The van der Waals surface area contributed by atoms with Crippen LogP contribution in [0.5, 0.6) is 0 Å². The second kappa shape index (κ2) is 19.0. The van der Waals surface area contributed by atoms with E-state index in [1.165, 1.54) is 54.2 Å². The summed E-state index contributed by atoms with van der Waals surface area (Å²) in [6.07, 6.45) is -4.27. The molecule has 29 nitrogen and oxygen atoms in total. The van der Waals surface area contributed by atoms with E-state index in [2.05, 4.69) is 44.9 Å². The van der Waals surface area contributed by atoms with Crippen LogP contribution in [0.1, 0.15) is 31.5 Å². The number of ether oxygens (including phenoxy) is 6. The SMILES string of the molecule is COC1C(COCC(=S)OC2CC(CCP(=O)(O)O)OC2n2cnc3c(N)ncnc32)OC(n2cnc3c(N)ncnc32)C1OP(O)(=S)OCC1OC(n2cnc3c(N)ncnc32)C(O)C1O. The van der Waals surface area contributed by atoms with Crippen LogP contribution in [0, 0.1) is 0 Å². The standard InChI is InChI=1S/C34H43N15O14P2S2/c1-56-24-17(5-57-7-18(66)60-15-4-14(2-3-64(52,53)54)59-32(15)47-11-44-19-26(35)38-8-41-29(19)47)62-34(49-13-46-21-28(37)40-10-43-31(21)49)25(24)63-65(55,67)58-6-16-22(50)23(51)33(61-16)48-12-45-20-27(36)39-9-42-30(20)48/h8-17,22-25,32-34,50-51H,2-7H2,1H3,(H,55,67)(H2,35,38,41)(H2,36,39,42)(H2,37,40,43)(H2,52,53,54). The zero-order valence-corrected chi connectivity index (χ0v) is 38.2. The van der Waals surface area contributed by atoms with E-state index >= 15 is 0 Å². The van der Waals surface area contributed by atoms with Crippen LogP contribution in [0.25, 0.3) is 33.5 Å². The topological polar surface area (TPSA) is 401 Å². The van der Waals surface area contributed by atoms with Gasteiger partial charge < -0.3 is 75.0 Å². The van der Waals surface area contributed by atoms with Crippen molar-refractivity contribution < 1.29 is 66.9 Å².